The average Bonchev–Trinajstić information content (AvgIpc) is 2.29. The van der Waals surface area contributed by atoms with Gasteiger partial charge in [-0.15, -0.1) is 0 Å². The largest absolute Gasteiger partial charge is 0.366 e. The molecule has 1 amide bonds. The number of carbonyl (C=O) groups is 1. The fourth-order valence-corrected chi connectivity index (χ4v) is 1.52. The first-order chi connectivity index (χ1) is 8.33. The van der Waals surface area contributed by atoms with Crippen LogP contribution < -0.4 is 11.1 Å². The van der Waals surface area contributed by atoms with E-state index in [2.05, 4.69) is 33.0 Å². The van der Waals surface area contributed by atoms with Gasteiger partial charge in [0.15, 0.2) is 0 Å². The topological polar surface area (TPSA) is 55.1 Å². The number of benzene rings is 1. The van der Waals surface area contributed by atoms with Gasteiger partial charge in [-0.1, -0.05) is 39.8 Å². The molecule has 0 aliphatic heterocycles. The highest BCUT2D eigenvalue weighted by molar-refractivity contribution is 5.92. The number of amides is 1. The van der Waals surface area contributed by atoms with Crippen LogP contribution in [0.25, 0.3) is 0 Å². The van der Waals surface area contributed by atoms with Crippen LogP contribution in [0.3, 0.4) is 0 Å². The van der Waals surface area contributed by atoms with Crippen LogP contribution in [-0.4, -0.2) is 12.5 Å². The predicted octanol–water partition coefficient (Wildman–Crippen LogP) is 2.56. The third-order valence-electron chi connectivity index (χ3n) is 3.71. The number of primary amides is 1. The van der Waals surface area contributed by atoms with Crippen LogP contribution in [0.15, 0.2) is 24.3 Å². The van der Waals surface area contributed by atoms with Gasteiger partial charge in [-0.05, 0) is 29.0 Å². The molecule has 100 valence electrons. The summed E-state index contributed by atoms with van der Waals surface area (Å²) in [6, 6.07) is 7.42. The highest BCUT2D eigenvalue weighted by Crippen LogP contribution is 2.24. The summed E-state index contributed by atoms with van der Waals surface area (Å²) in [6.45, 7) is 10.8. The molecule has 3 heteroatoms. The molecule has 1 aromatic carbocycles. The predicted molar refractivity (Wildman–Crippen MR) is 75.3 cm³/mol. The van der Waals surface area contributed by atoms with Crippen molar-refractivity contribution in [2.75, 3.05) is 6.54 Å². The van der Waals surface area contributed by atoms with Crippen LogP contribution in [0.1, 0.15) is 43.6 Å². The van der Waals surface area contributed by atoms with E-state index in [4.69, 9.17) is 5.73 Å². The molecule has 0 aromatic heterocycles. The van der Waals surface area contributed by atoms with Crippen molar-refractivity contribution in [2.24, 2.45) is 17.1 Å². The first-order valence-corrected chi connectivity index (χ1v) is 6.42. The molecule has 3 nitrogen and oxygen atoms in total. The second-order valence-electron chi connectivity index (χ2n) is 5.81. The van der Waals surface area contributed by atoms with Gasteiger partial charge in [0.05, 0.1) is 0 Å². The molecule has 0 radical (unpaired) electrons. The molecule has 0 saturated heterocycles. The monoisotopic (exact) mass is 248 g/mol. The van der Waals surface area contributed by atoms with Crippen LogP contribution in [0.2, 0.25) is 0 Å². The summed E-state index contributed by atoms with van der Waals surface area (Å²) in [7, 11) is 0. The lowest BCUT2D eigenvalue weighted by atomic mass is 9.81. The van der Waals surface area contributed by atoms with Crippen LogP contribution >= 0.6 is 0 Å². The Kier molecular flexibility index (Phi) is 4.91. The fourth-order valence-electron chi connectivity index (χ4n) is 1.52. The van der Waals surface area contributed by atoms with Gasteiger partial charge in [-0.3, -0.25) is 4.79 Å². The maximum atomic E-state index is 10.9. The van der Waals surface area contributed by atoms with Gasteiger partial charge in [0.1, 0.15) is 0 Å². The Labute approximate surface area is 110 Å². The van der Waals surface area contributed by atoms with Crippen LogP contribution in [0, 0.1) is 11.3 Å². The third kappa shape index (κ3) is 4.15. The van der Waals surface area contributed by atoms with Crippen LogP contribution in [0.5, 0.6) is 0 Å². The van der Waals surface area contributed by atoms with Crippen molar-refractivity contribution in [3.05, 3.63) is 35.4 Å². The zero-order valence-corrected chi connectivity index (χ0v) is 11.8. The summed E-state index contributed by atoms with van der Waals surface area (Å²) in [6.07, 6.45) is 0. The van der Waals surface area contributed by atoms with E-state index in [-0.39, 0.29) is 11.3 Å². The van der Waals surface area contributed by atoms with Gasteiger partial charge in [-0.2, -0.15) is 0 Å². The Morgan fingerprint density at radius 2 is 1.83 bits per heavy atom. The Morgan fingerprint density at radius 1 is 1.28 bits per heavy atom. The lowest BCUT2D eigenvalue weighted by Gasteiger charge is -2.29. The molecule has 1 aromatic rings. The molecule has 1 rings (SSSR count). The Bertz CT molecular complexity index is 393. The second kappa shape index (κ2) is 6.01. The maximum Gasteiger partial charge on any atom is 0.248 e. The van der Waals surface area contributed by atoms with Gasteiger partial charge in [0.2, 0.25) is 5.91 Å². The number of hydrogen-bond donors (Lipinski definition) is 2. The van der Waals surface area contributed by atoms with Crippen molar-refractivity contribution in [2.45, 2.75) is 34.2 Å². The highest BCUT2D eigenvalue weighted by Gasteiger charge is 2.21. The van der Waals surface area contributed by atoms with Crippen LogP contribution in [-0.2, 0) is 6.54 Å². The van der Waals surface area contributed by atoms with E-state index in [0.29, 0.717) is 11.5 Å². The lowest BCUT2D eigenvalue weighted by Crippen LogP contribution is -2.33. The van der Waals surface area contributed by atoms with E-state index in [1.807, 2.05) is 12.1 Å². The molecule has 3 N–H and O–H groups in total. The van der Waals surface area contributed by atoms with E-state index in [1.54, 1.807) is 12.1 Å². The molecule has 0 unspecified atom stereocenters. The molecule has 0 bridgehead atoms. The molecule has 0 saturated carbocycles. The minimum atomic E-state index is -0.379. The average molecular weight is 248 g/mol. The molecule has 0 spiro atoms. The normalized spacial score (nSPS) is 11.8. The molecule has 0 fully saturated rings. The molecular weight excluding hydrogens is 224 g/mol. The van der Waals surface area contributed by atoms with Gasteiger partial charge >= 0.3 is 0 Å². The zero-order valence-electron chi connectivity index (χ0n) is 11.8. The fraction of sp³-hybridized carbons (Fsp3) is 0.533. The zero-order chi connectivity index (χ0) is 13.8. The Hall–Kier alpha value is -1.35. The van der Waals surface area contributed by atoms with Crippen molar-refractivity contribution in [1.82, 2.24) is 5.32 Å². The SMILES string of the molecule is CC(C)C(C)(C)CNCc1ccc(C(N)=O)cc1. The number of hydrogen-bond acceptors (Lipinski definition) is 2. The van der Waals surface area contributed by atoms with E-state index >= 15 is 0 Å². The molecule has 0 atom stereocenters. The van der Waals surface area contributed by atoms with E-state index in [1.165, 1.54) is 5.56 Å². The van der Waals surface area contributed by atoms with E-state index in [0.717, 1.165) is 13.1 Å². The number of nitrogens with two attached hydrogens (primary N) is 1. The maximum absolute atomic E-state index is 10.9. The Balaban J connectivity index is 2.47. The minimum absolute atomic E-state index is 0.285. The lowest BCUT2D eigenvalue weighted by molar-refractivity contribution is 0.100. The summed E-state index contributed by atoms with van der Waals surface area (Å²) in [5.41, 5.74) is 7.21. The van der Waals surface area contributed by atoms with Crippen molar-refractivity contribution < 1.29 is 4.79 Å². The molecule has 0 aliphatic carbocycles. The quantitative estimate of drug-likeness (QED) is 0.813. The van der Waals surface area contributed by atoms with E-state index < -0.39 is 0 Å². The van der Waals surface area contributed by atoms with Crippen molar-refractivity contribution in [3.63, 3.8) is 0 Å². The van der Waals surface area contributed by atoms with Gasteiger partial charge in [-0.25, -0.2) is 0 Å². The van der Waals surface area contributed by atoms with Gasteiger partial charge in [0, 0.05) is 18.7 Å². The summed E-state index contributed by atoms with van der Waals surface area (Å²) in [5, 5.41) is 3.46. The first kappa shape index (κ1) is 14.7. The van der Waals surface area contributed by atoms with Crippen LogP contribution in [0.4, 0.5) is 0 Å². The Morgan fingerprint density at radius 3 is 2.28 bits per heavy atom. The molecular formula is C15H24N2O. The van der Waals surface area contributed by atoms with Crippen molar-refractivity contribution in [3.8, 4) is 0 Å². The smallest absolute Gasteiger partial charge is 0.248 e. The standard InChI is InChI=1S/C15H24N2O/c1-11(2)15(3,4)10-17-9-12-5-7-13(8-6-12)14(16)18/h5-8,11,17H,9-10H2,1-4H3,(H2,16,18). The summed E-state index contributed by atoms with van der Waals surface area (Å²) in [4.78, 5) is 10.9. The summed E-state index contributed by atoms with van der Waals surface area (Å²) >= 11 is 0. The van der Waals surface area contributed by atoms with Crippen molar-refractivity contribution >= 4 is 5.91 Å². The van der Waals surface area contributed by atoms with Gasteiger partial charge in [0.25, 0.3) is 0 Å². The minimum Gasteiger partial charge on any atom is -0.366 e. The summed E-state index contributed by atoms with van der Waals surface area (Å²) < 4.78 is 0. The van der Waals surface area contributed by atoms with Gasteiger partial charge < -0.3 is 11.1 Å². The number of carbonyl (C=O) groups excluding carboxylic acids is 1. The summed E-state index contributed by atoms with van der Waals surface area (Å²) in [5.74, 6) is 0.262. The first-order valence-electron chi connectivity index (χ1n) is 6.42. The molecule has 0 heterocycles. The second-order valence-corrected chi connectivity index (χ2v) is 5.81. The third-order valence-corrected chi connectivity index (χ3v) is 3.71. The number of nitrogens with one attached hydrogen (secondary N) is 1. The molecule has 0 aliphatic rings. The number of rotatable bonds is 6. The van der Waals surface area contributed by atoms with Crippen molar-refractivity contribution in [1.29, 1.82) is 0 Å². The highest BCUT2D eigenvalue weighted by atomic mass is 16.1. The van der Waals surface area contributed by atoms with E-state index in [9.17, 15) is 4.79 Å². The molecule has 18 heavy (non-hydrogen) atoms.